The Morgan fingerprint density at radius 3 is 2.57 bits per heavy atom. The molecule has 0 saturated heterocycles. The van der Waals surface area contributed by atoms with Crippen molar-refractivity contribution in [1.82, 2.24) is 15.2 Å². The van der Waals surface area contributed by atoms with Crippen LogP contribution in [0.2, 0.25) is 5.02 Å². The number of fused-ring (bicyclic) bond motifs is 1. The van der Waals surface area contributed by atoms with Crippen molar-refractivity contribution in [3.63, 3.8) is 0 Å². The molecule has 30 heavy (non-hydrogen) atoms. The van der Waals surface area contributed by atoms with Gasteiger partial charge < -0.3 is 20.3 Å². The quantitative estimate of drug-likeness (QED) is 0.648. The Hall–Kier alpha value is -1.96. The second-order valence-electron chi connectivity index (χ2n) is 8.64. The lowest BCUT2D eigenvalue weighted by molar-refractivity contribution is -0.0374. The first-order valence-electron chi connectivity index (χ1n) is 10.2. The van der Waals surface area contributed by atoms with E-state index in [1.165, 1.54) is 13.0 Å². The molecular weight excluding hydrogens is 409 g/mol. The molecule has 1 amide bonds. The van der Waals surface area contributed by atoms with Crippen LogP contribution in [-0.4, -0.2) is 47.0 Å². The first kappa shape index (κ1) is 22.7. The van der Waals surface area contributed by atoms with Crippen molar-refractivity contribution >= 4 is 28.3 Å². The molecule has 3 N–H and O–H groups in total. The number of carbonyl (C=O) groups is 1. The summed E-state index contributed by atoms with van der Waals surface area (Å²) in [5.41, 5.74) is -2.42. The fourth-order valence-corrected chi connectivity index (χ4v) is 4.28. The van der Waals surface area contributed by atoms with Gasteiger partial charge in [-0.15, -0.1) is 0 Å². The Morgan fingerprint density at radius 1 is 1.27 bits per heavy atom. The Bertz CT molecular complexity index is 995. The molecule has 8 heteroatoms. The van der Waals surface area contributed by atoms with Crippen molar-refractivity contribution in [3.8, 4) is 0 Å². The van der Waals surface area contributed by atoms with Crippen molar-refractivity contribution in [3.05, 3.63) is 45.3 Å². The van der Waals surface area contributed by atoms with Gasteiger partial charge in [0.2, 0.25) is 0 Å². The van der Waals surface area contributed by atoms with Crippen molar-refractivity contribution < 1.29 is 14.3 Å². The van der Waals surface area contributed by atoms with Crippen LogP contribution in [0.5, 0.6) is 0 Å². The monoisotopic (exact) mass is 437 g/mol. The molecule has 3 rings (SSSR count). The molecule has 1 aromatic carbocycles. The van der Waals surface area contributed by atoms with E-state index in [9.17, 15) is 19.1 Å². The molecule has 0 radical (unpaired) electrons. The van der Waals surface area contributed by atoms with E-state index in [2.05, 4.69) is 10.6 Å². The van der Waals surface area contributed by atoms with Gasteiger partial charge in [-0.05, 0) is 64.8 Å². The molecule has 0 spiro atoms. The minimum Gasteiger partial charge on any atom is -0.388 e. The van der Waals surface area contributed by atoms with Crippen LogP contribution in [0.25, 0.3) is 10.8 Å². The number of pyridine rings is 1. The minimum atomic E-state index is -1.28. The lowest BCUT2D eigenvalue weighted by Gasteiger charge is -2.37. The first-order valence-corrected chi connectivity index (χ1v) is 10.6. The smallest absolute Gasteiger partial charge is 0.258 e. The number of likely N-dealkylation sites (N-methyl/N-ethyl adjacent to an activating group) is 1. The van der Waals surface area contributed by atoms with Gasteiger partial charge in [-0.1, -0.05) is 11.6 Å². The van der Waals surface area contributed by atoms with Crippen molar-refractivity contribution in [2.75, 3.05) is 20.1 Å². The number of halogens is 2. The van der Waals surface area contributed by atoms with Crippen LogP contribution in [0.15, 0.2) is 29.2 Å². The van der Waals surface area contributed by atoms with E-state index < -0.39 is 17.2 Å². The summed E-state index contributed by atoms with van der Waals surface area (Å²) in [5.74, 6) is -0.465. The maximum absolute atomic E-state index is 14.0. The number of aromatic nitrogens is 1. The number of rotatable bonds is 6. The average molecular weight is 438 g/mol. The third-order valence-electron chi connectivity index (χ3n) is 6.06. The average Bonchev–Trinajstić information content (AvgIpc) is 2.69. The number of hydrogen-bond donors (Lipinski definition) is 3. The van der Waals surface area contributed by atoms with Crippen molar-refractivity contribution in [2.45, 2.75) is 56.8 Å². The molecule has 1 aliphatic carbocycles. The molecule has 6 nitrogen and oxygen atoms in total. The topological polar surface area (TPSA) is 83.4 Å². The SMILES string of the molecule is CNC[C@@H](C)n1ccc2c(C(=O)NCC3(O)CCC(C)(F)CC3)c(Cl)ccc2c1=O. The van der Waals surface area contributed by atoms with E-state index in [1.54, 1.807) is 22.9 Å². The number of nitrogens with one attached hydrogen (secondary N) is 2. The van der Waals surface area contributed by atoms with Gasteiger partial charge in [0, 0.05) is 36.1 Å². The lowest BCUT2D eigenvalue weighted by atomic mass is 9.78. The van der Waals surface area contributed by atoms with Crippen LogP contribution in [0.4, 0.5) is 4.39 Å². The highest BCUT2D eigenvalue weighted by molar-refractivity contribution is 6.35. The third-order valence-corrected chi connectivity index (χ3v) is 6.38. The summed E-state index contributed by atoms with van der Waals surface area (Å²) in [6.45, 7) is 4.10. The molecule has 0 unspecified atom stereocenters. The zero-order valence-corrected chi connectivity index (χ0v) is 18.4. The molecule has 1 fully saturated rings. The molecule has 1 heterocycles. The molecule has 164 valence electrons. The van der Waals surface area contributed by atoms with E-state index in [1.807, 2.05) is 14.0 Å². The number of amides is 1. The fourth-order valence-electron chi connectivity index (χ4n) is 4.03. The van der Waals surface area contributed by atoms with Crippen LogP contribution < -0.4 is 16.2 Å². The summed E-state index contributed by atoms with van der Waals surface area (Å²) in [4.78, 5) is 25.9. The van der Waals surface area contributed by atoms with Gasteiger partial charge in [0.05, 0.1) is 16.2 Å². The van der Waals surface area contributed by atoms with Gasteiger partial charge in [0.25, 0.3) is 11.5 Å². The predicted molar refractivity (Wildman–Crippen MR) is 117 cm³/mol. The Labute approximate surface area is 180 Å². The normalized spacial score (nSPS) is 25.3. The molecule has 0 bridgehead atoms. The number of alkyl halides is 1. The second kappa shape index (κ2) is 8.65. The van der Waals surface area contributed by atoms with E-state index in [0.29, 0.717) is 17.3 Å². The van der Waals surface area contributed by atoms with Gasteiger partial charge in [0.1, 0.15) is 5.67 Å². The number of hydrogen-bond acceptors (Lipinski definition) is 4. The van der Waals surface area contributed by atoms with Crippen LogP contribution in [0, 0.1) is 0 Å². The maximum atomic E-state index is 14.0. The second-order valence-corrected chi connectivity index (χ2v) is 9.05. The first-order chi connectivity index (χ1) is 14.1. The Balaban J connectivity index is 1.86. The summed E-state index contributed by atoms with van der Waals surface area (Å²) in [5, 5.41) is 17.6. The summed E-state index contributed by atoms with van der Waals surface area (Å²) in [7, 11) is 1.82. The predicted octanol–water partition coefficient (Wildman–Crippen LogP) is 3.20. The Kier molecular flexibility index (Phi) is 6.55. The highest BCUT2D eigenvalue weighted by Gasteiger charge is 2.39. The summed E-state index contributed by atoms with van der Waals surface area (Å²) in [6.07, 6.45) is 2.71. The molecular formula is C22H29ClFN3O3. The van der Waals surface area contributed by atoms with E-state index >= 15 is 0 Å². The third kappa shape index (κ3) is 4.68. The van der Waals surface area contributed by atoms with E-state index in [0.717, 1.165) is 0 Å². The largest absolute Gasteiger partial charge is 0.388 e. The van der Waals surface area contributed by atoms with Gasteiger partial charge in [-0.3, -0.25) is 9.59 Å². The Morgan fingerprint density at radius 2 is 1.93 bits per heavy atom. The zero-order valence-electron chi connectivity index (χ0n) is 17.6. The summed E-state index contributed by atoms with van der Waals surface area (Å²) >= 11 is 6.30. The van der Waals surface area contributed by atoms with Crippen molar-refractivity contribution in [2.24, 2.45) is 0 Å². The number of benzene rings is 1. The minimum absolute atomic E-state index is 0.00486. The lowest BCUT2D eigenvalue weighted by Crippen LogP contribution is -2.47. The van der Waals surface area contributed by atoms with Crippen LogP contribution in [-0.2, 0) is 0 Å². The number of carbonyl (C=O) groups excluding carboxylic acids is 1. The van der Waals surface area contributed by atoms with Gasteiger partial charge in [-0.25, -0.2) is 4.39 Å². The van der Waals surface area contributed by atoms with Gasteiger partial charge in [-0.2, -0.15) is 0 Å². The maximum Gasteiger partial charge on any atom is 0.258 e. The van der Waals surface area contributed by atoms with Gasteiger partial charge in [0.15, 0.2) is 0 Å². The van der Waals surface area contributed by atoms with Gasteiger partial charge >= 0.3 is 0 Å². The molecule has 1 aliphatic rings. The van der Waals surface area contributed by atoms with Crippen LogP contribution in [0.3, 0.4) is 0 Å². The molecule has 2 aromatic rings. The van der Waals surface area contributed by atoms with E-state index in [-0.39, 0.29) is 54.4 Å². The van der Waals surface area contributed by atoms with E-state index in [4.69, 9.17) is 11.6 Å². The number of nitrogens with zero attached hydrogens (tertiary/aromatic N) is 1. The van der Waals surface area contributed by atoms with Crippen LogP contribution >= 0.6 is 11.6 Å². The molecule has 0 aliphatic heterocycles. The molecule has 1 aromatic heterocycles. The molecule has 1 saturated carbocycles. The summed E-state index contributed by atoms with van der Waals surface area (Å²) in [6, 6.07) is 4.82. The number of aliphatic hydroxyl groups is 1. The zero-order chi connectivity index (χ0) is 22.1. The van der Waals surface area contributed by atoms with Crippen LogP contribution in [0.1, 0.15) is 55.9 Å². The molecule has 1 atom stereocenters. The standard InChI is InChI=1S/C22H29ClFN3O3/c1-14(12-25-3)27-11-6-15-16(20(27)29)4-5-17(23)18(15)19(28)26-13-22(30)9-7-21(2,24)8-10-22/h4-6,11,14,25,30H,7-10,12-13H2,1-3H3,(H,26,28)/t14-,21?,22?/m1/s1. The highest BCUT2D eigenvalue weighted by atomic mass is 35.5. The summed E-state index contributed by atoms with van der Waals surface area (Å²) < 4.78 is 15.6. The highest BCUT2D eigenvalue weighted by Crippen LogP contribution is 2.37. The van der Waals surface area contributed by atoms with Crippen molar-refractivity contribution in [1.29, 1.82) is 0 Å². The fraction of sp³-hybridized carbons (Fsp3) is 0.545.